The first kappa shape index (κ1) is 16.8. The SMILES string of the molecule is Cc1cc(N2CCCC2CO)c2ccc(OCc3cccnc3)cc2n1. The van der Waals surface area contributed by atoms with Crippen LogP contribution in [0.2, 0.25) is 0 Å². The standard InChI is InChI=1S/C21H23N3O2/c1-15-10-21(24-9-3-5-17(24)13-25)19-7-6-18(11-20(19)23-15)26-14-16-4-2-8-22-12-16/h2,4,6-8,10-12,17,25H,3,5,9,13-14H2,1H3. The van der Waals surface area contributed by atoms with Gasteiger partial charge in [-0.3, -0.25) is 9.97 Å². The van der Waals surface area contributed by atoms with E-state index in [4.69, 9.17) is 9.72 Å². The first-order chi connectivity index (χ1) is 12.7. The van der Waals surface area contributed by atoms with E-state index in [1.54, 1.807) is 6.20 Å². The maximum absolute atomic E-state index is 9.68. The zero-order chi connectivity index (χ0) is 17.9. The molecule has 1 aliphatic heterocycles. The summed E-state index contributed by atoms with van der Waals surface area (Å²) < 4.78 is 5.91. The van der Waals surface area contributed by atoms with Crippen molar-refractivity contribution in [2.75, 3.05) is 18.1 Å². The molecule has 4 rings (SSSR count). The van der Waals surface area contributed by atoms with E-state index in [-0.39, 0.29) is 12.6 Å². The van der Waals surface area contributed by atoms with Gasteiger partial charge in [0.05, 0.1) is 18.2 Å². The highest BCUT2D eigenvalue weighted by Crippen LogP contribution is 2.33. The number of ether oxygens (including phenoxy) is 1. The van der Waals surface area contributed by atoms with Crippen LogP contribution in [0.5, 0.6) is 5.75 Å². The molecule has 1 saturated heterocycles. The van der Waals surface area contributed by atoms with Crippen LogP contribution in [0.15, 0.2) is 48.8 Å². The van der Waals surface area contributed by atoms with Crippen LogP contribution in [0.1, 0.15) is 24.1 Å². The van der Waals surface area contributed by atoms with Crippen molar-refractivity contribution in [1.82, 2.24) is 9.97 Å². The van der Waals surface area contributed by atoms with Gasteiger partial charge in [-0.2, -0.15) is 0 Å². The summed E-state index contributed by atoms with van der Waals surface area (Å²) in [5.41, 5.74) is 4.09. The van der Waals surface area contributed by atoms with Crippen LogP contribution in [-0.2, 0) is 6.61 Å². The highest BCUT2D eigenvalue weighted by atomic mass is 16.5. The summed E-state index contributed by atoms with van der Waals surface area (Å²) in [6.07, 6.45) is 5.71. The van der Waals surface area contributed by atoms with E-state index in [1.165, 1.54) is 0 Å². The number of benzene rings is 1. The monoisotopic (exact) mass is 349 g/mol. The van der Waals surface area contributed by atoms with Gasteiger partial charge in [0.2, 0.25) is 0 Å². The molecule has 5 heteroatoms. The third kappa shape index (κ3) is 3.35. The summed E-state index contributed by atoms with van der Waals surface area (Å²) in [6.45, 7) is 3.66. The molecule has 26 heavy (non-hydrogen) atoms. The Bertz CT molecular complexity index is 898. The number of nitrogens with zero attached hydrogens (tertiary/aromatic N) is 3. The molecule has 0 aliphatic carbocycles. The van der Waals surface area contributed by atoms with Gasteiger partial charge in [-0.25, -0.2) is 0 Å². The Morgan fingerprint density at radius 3 is 3.00 bits per heavy atom. The van der Waals surface area contributed by atoms with Crippen molar-refractivity contribution < 1.29 is 9.84 Å². The topological polar surface area (TPSA) is 58.5 Å². The maximum atomic E-state index is 9.68. The fourth-order valence-electron chi connectivity index (χ4n) is 3.64. The lowest BCUT2D eigenvalue weighted by Crippen LogP contribution is -2.32. The summed E-state index contributed by atoms with van der Waals surface area (Å²) in [4.78, 5) is 11.1. The number of hydrogen-bond acceptors (Lipinski definition) is 5. The quantitative estimate of drug-likeness (QED) is 0.764. The van der Waals surface area contributed by atoms with E-state index in [9.17, 15) is 5.11 Å². The zero-order valence-corrected chi connectivity index (χ0v) is 14.9. The normalized spacial score (nSPS) is 17.0. The predicted molar refractivity (Wildman–Crippen MR) is 103 cm³/mol. The fraction of sp³-hybridized carbons (Fsp3) is 0.333. The lowest BCUT2D eigenvalue weighted by molar-refractivity contribution is 0.266. The molecule has 3 heterocycles. The minimum absolute atomic E-state index is 0.190. The highest BCUT2D eigenvalue weighted by Gasteiger charge is 2.25. The smallest absolute Gasteiger partial charge is 0.122 e. The van der Waals surface area contributed by atoms with Crippen LogP contribution in [0.4, 0.5) is 5.69 Å². The Hall–Kier alpha value is -2.66. The minimum atomic E-state index is 0.190. The van der Waals surface area contributed by atoms with E-state index >= 15 is 0 Å². The van der Waals surface area contributed by atoms with Gasteiger partial charge in [-0.05, 0) is 44.0 Å². The lowest BCUT2D eigenvalue weighted by Gasteiger charge is -2.27. The molecular formula is C21H23N3O2. The minimum Gasteiger partial charge on any atom is -0.489 e. The third-order valence-corrected chi connectivity index (χ3v) is 4.91. The maximum Gasteiger partial charge on any atom is 0.122 e. The summed E-state index contributed by atoms with van der Waals surface area (Å²) in [6, 6.07) is 12.3. The van der Waals surface area contributed by atoms with Crippen LogP contribution in [-0.4, -0.2) is 34.3 Å². The third-order valence-electron chi connectivity index (χ3n) is 4.91. The van der Waals surface area contributed by atoms with Crippen molar-refractivity contribution in [2.45, 2.75) is 32.4 Å². The number of rotatable bonds is 5. The van der Waals surface area contributed by atoms with Crippen molar-refractivity contribution in [3.05, 3.63) is 60.0 Å². The van der Waals surface area contributed by atoms with E-state index in [1.807, 2.05) is 37.4 Å². The first-order valence-corrected chi connectivity index (χ1v) is 9.05. The van der Waals surface area contributed by atoms with E-state index in [0.717, 1.165) is 53.0 Å². The number of anilines is 1. The number of fused-ring (bicyclic) bond motifs is 1. The number of aromatic nitrogens is 2. The number of pyridine rings is 2. The Morgan fingerprint density at radius 1 is 1.27 bits per heavy atom. The Labute approximate surface area is 153 Å². The van der Waals surface area contributed by atoms with Gasteiger partial charge in [0.1, 0.15) is 12.4 Å². The van der Waals surface area contributed by atoms with Crippen LogP contribution < -0.4 is 9.64 Å². The summed E-state index contributed by atoms with van der Waals surface area (Å²) in [7, 11) is 0. The summed E-state index contributed by atoms with van der Waals surface area (Å²) in [5.74, 6) is 0.797. The van der Waals surface area contributed by atoms with Crippen molar-refractivity contribution in [3.63, 3.8) is 0 Å². The molecule has 0 amide bonds. The molecule has 0 bridgehead atoms. The van der Waals surface area contributed by atoms with Crippen LogP contribution in [0.25, 0.3) is 10.9 Å². The molecule has 0 radical (unpaired) electrons. The van der Waals surface area contributed by atoms with Crippen molar-refractivity contribution in [2.24, 2.45) is 0 Å². The largest absolute Gasteiger partial charge is 0.489 e. The molecule has 0 spiro atoms. The molecule has 5 nitrogen and oxygen atoms in total. The lowest BCUT2D eigenvalue weighted by atomic mass is 10.1. The molecule has 3 aromatic rings. The Kier molecular flexibility index (Phi) is 4.71. The van der Waals surface area contributed by atoms with E-state index in [0.29, 0.717) is 6.61 Å². The van der Waals surface area contributed by atoms with Crippen molar-refractivity contribution in [1.29, 1.82) is 0 Å². The van der Waals surface area contributed by atoms with Gasteiger partial charge in [-0.1, -0.05) is 6.07 Å². The number of hydrogen-bond donors (Lipinski definition) is 1. The molecule has 1 atom stereocenters. The van der Waals surface area contributed by atoms with Crippen molar-refractivity contribution in [3.8, 4) is 5.75 Å². The van der Waals surface area contributed by atoms with E-state index in [2.05, 4.69) is 22.0 Å². The van der Waals surface area contributed by atoms with Gasteiger partial charge in [0.25, 0.3) is 0 Å². The molecule has 1 N–H and O–H groups in total. The van der Waals surface area contributed by atoms with Gasteiger partial charge in [0, 0.05) is 47.3 Å². The van der Waals surface area contributed by atoms with Gasteiger partial charge in [-0.15, -0.1) is 0 Å². The molecule has 1 unspecified atom stereocenters. The summed E-state index contributed by atoms with van der Waals surface area (Å²) in [5, 5.41) is 10.8. The van der Waals surface area contributed by atoms with Gasteiger partial charge in [0.15, 0.2) is 0 Å². The van der Waals surface area contributed by atoms with Crippen molar-refractivity contribution >= 4 is 16.6 Å². The second-order valence-electron chi connectivity index (χ2n) is 6.78. The number of aryl methyl sites for hydroxylation is 1. The second-order valence-corrected chi connectivity index (χ2v) is 6.78. The molecule has 2 aromatic heterocycles. The molecule has 0 saturated carbocycles. The predicted octanol–water partition coefficient (Wildman–Crippen LogP) is 3.48. The van der Waals surface area contributed by atoms with Gasteiger partial charge < -0.3 is 14.7 Å². The van der Waals surface area contributed by atoms with Gasteiger partial charge >= 0.3 is 0 Å². The molecule has 1 aliphatic rings. The first-order valence-electron chi connectivity index (χ1n) is 9.05. The summed E-state index contributed by atoms with van der Waals surface area (Å²) >= 11 is 0. The Morgan fingerprint density at radius 2 is 2.19 bits per heavy atom. The van der Waals surface area contributed by atoms with E-state index < -0.39 is 0 Å². The average molecular weight is 349 g/mol. The fourth-order valence-corrected chi connectivity index (χ4v) is 3.64. The van der Waals surface area contributed by atoms with Crippen LogP contribution in [0.3, 0.4) is 0 Å². The number of aliphatic hydroxyl groups excluding tert-OH is 1. The van der Waals surface area contributed by atoms with Crippen LogP contribution in [0, 0.1) is 6.92 Å². The molecule has 1 aromatic carbocycles. The van der Waals surface area contributed by atoms with Crippen LogP contribution >= 0.6 is 0 Å². The molecular weight excluding hydrogens is 326 g/mol. The zero-order valence-electron chi connectivity index (χ0n) is 14.9. The number of aliphatic hydroxyl groups is 1. The Balaban J connectivity index is 1.64. The average Bonchev–Trinajstić information content (AvgIpc) is 3.15. The highest BCUT2D eigenvalue weighted by molar-refractivity contribution is 5.93. The molecule has 1 fully saturated rings. The second kappa shape index (κ2) is 7.30. The molecule has 134 valence electrons.